The smallest absolute Gasteiger partial charge is 0.375 e. The molecule has 1 saturated carbocycles. The van der Waals surface area contributed by atoms with E-state index in [0.717, 1.165) is 0 Å². The van der Waals surface area contributed by atoms with Gasteiger partial charge in [-0.1, -0.05) is 0 Å². The van der Waals surface area contributed by atoms with E-state index in [1.807, 2.05) is 18.7 Å². The van der Waals surface area contributed by atoms with Crippen LogP contribution >= 0.6 is 0 Å². The van der Waals surface area contributed by atoms with E-state index in [1.54, 1.807) is 23.0 Å². The number of anilines is 1. The number of morpholine rings is 1. The lowest BCUT2D eigenvalue weighted by molar-refractivity contribution is -0.183. The number of carbonyl (C=O) groups excluding carboxylic acids is 2. The summed E-state index contributed by atoms with van der Waals surface area (Å²) in [6.07, 6.45) is -2.07. The van der Waals surface area contributed by atoms with Gasteiger partial charge in [-0.2, -0.15) is 23.4 Å². The van der Waals surface area contributed by atoms with Crippen LogP contribution in [0.15, 0.2) is 24.5 Å². The summed E-state index contributed by atoms with van der Waals surface area (Å²) in [5.74, 6) is -6.57. The van der Waals surface area contributed by atoms with Gasteiger partial charge in [-0.15, -0.1) is 0 Å². The summed E-state index contributed by atoms with van der Waals surface area (Å²) in [7, 11) is 0. The molecule has 3 aromatic heterocycles. The minimum atomic E-state index is -4.44. The average molecular weight is 667 g/mol. The first-order valence-electron chi connectivity index (χ1n) is 16.1. The number of hydrogen-bond acceptors (Lipinski definition) is 7. The van der Waals surface area contributed by atoms with Gasteiger partial charge in [0.25, 0.3) is 5.91 Å². The molecule has 0 bridgehead atoms. The molecule has 3 aromatic rings. The van der Waals surface area contributed by atoms with Crippen LogP contribution in [-0.4, -0.2) is 80.6 Å². The summed E-state index contributed by atoms with van der Waals surface area (Å²) in [5, 5.41) is 14.4. The monoisotopic (exact) mass is 666 g/mol. The molecule has 0 radical (unpaired) electrons. The zero-order chi connectivity index (χ0) is 33.5. The second kappa shape index (κ2) is 13.0. The summed E-state index contributed by atoms with van der Waals surface area (Å²) in [5.41, 5.74) is 2.24. The van der Waals surface area contributed by atoms with Crippen molar-refractivity contribution in [1.82, 2.24) is 35.0 Å². The van der Waals surface area contributed by atoms with Gasteiger partial charge in [-0.3, -0.25) is 14.3 Å². The van der Waals surface area contributed by atoms with Crippen molar-refractivity contribution in [2.24, 2.45) is 17.8 Å². The highest BCUT2D eigenvalue weighted by Crippen LogP contribution is 2.42. The first kappa shape index (κ1) is 33.1. The molecule has 2 amide bonds. The van der Waals surface area contributed by atoms with Crippen molar-refractivity contribution >= 4 is 23.1 Å². The summed E-state index contributed by atoms with van der Waals surface area (Å²) >= 11 is 0. The predicted molar refractivity (Wildman–Crippen MR) is 160 cm³/mol. The van der Waals surface area contributed by atoms with Crippen LogP contribution in [0.2, 0.25) is 0 Å². The normalized spacial score (nSPS) is 24.7. The number of piperidine rings is 1. The molecule has 6 rings (SSSR count). The number of imidazole rings is 1. The number of aromatic nitrogens is 5. The molecule has 256 valence electrons. The van der Waals surface area contributed by atoms with Gasteiger partial charge in [0.05, 0.1) is 47.9 Å². The zero-order valence-corrected chi connectivity index (χ0v) is 26.3. The van der Waals surface area contributed by atoms with E-state index < -0.39 is 48.3 Å². The van der Waals surface area contributed by atoms with Crippen molar-refractivity contribution in [1.29, 1.82) is 0 Å². The molecule has 2 aliphatic heterocycles. The van der Waals surface area contributed by atoms with Gasteiger partial charge in [-0.25, -0.2) is 18.3 Å². The topological polar surface area (TPSA) is 119 Å². The number of nitrogens with zero attached hydrogens (tertiary/aromatic N) is 6. The molecule has 4 atom stereocenters. The van der Waals surface area contributed by atoms with Crippen LogP contribution in [0.3, 0.4) is 0 Å². The predicted octanol–water partition coefficient (Wildman–Crippen LogP) is 4.32. The number of carbonyl (C=O) groups is 2. The first-order valence-corrected chi connectivity index (χ1v) is 16.1. The van der Waals surface area contributed by atoms with E-state index in [0.29, 0.717) is 54.7 Å². The number of hydrogen-bond donors (Lipinski definition) is 2. The Morgan fingerprint density at radius 1 is 1.26 bits per heavy atom. The molecule has 3 fully saturated rings. The summed E-state index contributed by atoms with van der Waals surface area (Å²) < 4.78 is 77.9. The first-order chi connectivity index (χ1) is 22.3. The Hall–Kier alpha value is -3.82. The summed E-state index contributed by atoms with van der Waals surface area (Å²) in [6, 6.07) is 2.65. The fourth-order valence-electron chi connectivity index (χ4n) is 6.96. The summed E-state index contributed by atoms with van der Waals surface area (Å²) in [4.78, 5) is 33.1. The maximum Gasteiger partial charge on any atom is 0.393 e. The quantitative estimate of drug-likeness (QED) is 0.344. The van der Waals surface area contributed by atoms with Crippen molar-refractivity contribution in [3.05, 3.63) is 41.6 Å². The maximum atomic E-state index is 14.2. The highest BCUT2D eigenvalue weighted by Gasteiger charge is 2.45. The third-order valence-corrected chi connectivity index (χ3v) is 9.56. The standard InChI is InChI=1S/C31H39F5N8O3/c1-3-43-24(6-9-38-43)29(46)40-27(19-4-7-30(32,33)8-5-19)23-17-44-26(39-23)14-25(42-10-11-47-18(2)16-42)22(41-44)13-20-12-21(31(34,35)36)15-37-28(20)45/h6,9,14,17-21,27H,3-5,7-8,10-13,15-16H2,1-2H3,(H,37,45)(H,40,46)/t18-,20-,21-,27+/m1/s1. The average Bonchev–Trinajstić information content (AvgIpc) is 3.67. The highest BCUT2D eigenvalue weighted by molar-refractivity contribution is 5.92. The molecule has 11 nitrogen and oxygen atoms in total. The molecule has 0 aromatic carbocycles. The molecule has 5 heterocycles. The molecule has 3 aliphatic rings. The molecule has 0 spiro atoms. The minimum Gasteiger partial charge on any atom is -0.375 e. The number of fused-ring (bicyclic) bond motifs is 1. The lowest BCUT2D eigenvalue weighted by Crippen LogP contribution is -2.47. The van der Waals surface area contributed by atoms with Gasteiger partial charge in [0.2, 0.25) is 11.8 Å². The number of ether oxygens (including phenoxy) is 1. The van der Waals surface area contributed by atoms with Crippen LogP contribution in [-0.2, 0) is 22.5 Å². The van der Waals surface area contributed by atoms with Gasteiger partial charge in [-0.05, 0) is 45.1 Å². The zero-order valence-electron chi connectivity index (χ0n) is 26.3. The largest absolute Gasteiger partial charge is 0.393 e. The Labute approximate surface area is 268 Å². The molecular weight excluding hydrogens is 627 g/mol. The molecule has 0 unspecified atom stereocenters. The second-order valence-electron chi connectivity index (χ2n) is 12.9. The van der Waals surface area contributed by atoms with Crippen LogP contribution in [0.25, 0.3) is 5.65 Å². The van der Waals surface area contributed by atoms with Crippen LogP contribution in [0, 0.1) is 17.8 Å². The number of halogens is 5. The minimum absolute atomic E-state index is 0.0260. The third-order valence-electron chi connectivity index (χ3n) is 9.56. The SMILES string of the molecule is CCn1nccc1C(=O)N[C@H](c1cn2nc(C[C@H]3C[C@@H](C(F)(F)F)CNC3=O)c(N3CCO[C@H](C)C3)cc2n1)C1CCC(F)(F)CC1. The number of amides is 2. The van der Waals surface area contributed by atoms with Gasteiger partial charge in [0.15, 0.2) is 5.65 Å². The molecular formula is C31H39F5N8O3. The van der Waals surface area contributed by atoms with Crippen molar-refractivity contribution < 1.29 is 36.3 Å². The van der Waals surface area contributed by atoms with Gasteiger partial charge in [0.1, 0.15) is 5.69 Å². The van der Waals surface area contributed by atoms with Crippen LogP contribution in [0.1, 0.15) is 73.9 Å². The van der Waals surface area contributed by atoms with E-state index in [4.69, 9.17) is 14.8 Å². The fraction of sp³-hybridized carbons (Fsp3) is 0.645. The van der Waals surface area contributed by atoms with Crippen LogP contribution in [0.4, 0.5) is 27.6 Å². The van der Waals surface area contributed by atoms with Gasteiger partial charge >= 0.3 is 6.18 Å². The molecule has 47 heavy (non-hydrogen) atoms. The maximum absolute atomic E-state index is 14.2. The van der Waals surface area contributed by atoms with E-state index >= 15 is 0 Å². The number of aryl methyl sites for hydroxylation is 1. The van der Waals surface area contributed by atoms with E-state index in [1.165, 1.54) is 10.7 Å². The lowest BCUT2D eigenvalue weighted by Gasteiger charge is -2.35. The van der Waals surface area contributed by atoms with E-state index in [2.05, 4.69) is 15.7 Å². The van der Waals surface area contributed by atoms with Gasteiger partial charge < -0.3 is 20.3 Å². The van der Waals surface area contributed by atoms with Crippen LogP contribution < -0.4 is 15.5 Å². The molecule has 2 saturated heterocycles. The van der Waals surface area contributed by atoms with E-state index in [9.17, 15) is 31.5 Å². The number of nitrogens with one attached hydrogen (secondary N) is 2. The fourth-order valence-corrected chi connectivity index (χ4v) is 6.96. The number of alkyl halides is 5. The molecule has 1 aliphatic carbocycles. The highest BCUT2D eigenvalue weighted by atomic mass is 19.4. The van der Waals surface area contributed by atoms with Crippen molar-refractivity contribution in [2.45, 2.75) is 83.2 Å². The summed E-state index contributed by atoms with van der Waals surface area (Å²) in [6.45, 7) is 5.21. The van der Waals surface area contributed by atoms with Crippen molar-refractivity contribution in [2.75, 3.05) is 31.1 Å². The second-order valence-corrected chi connectivity index (χ2v) is 12.9. The van der Waals surface area contributed by atoms with E-state index in [-0.39, 0.29) is 50.5 Å². The Bertz CT molecular complexity index is 1600. The lowest BCUT2D eigenvalue weighted by atomic mass is 9.81. The van der Waals surface area contributed by atoms with Crippen molar-refractivity contribution in [3.8, 4) is 0 Å². The molecule has 16 heteroatoms. The third kappa shape index (κ3) is 7.21. The van der Waals surface area contributed by atoms with Crippen molar-refractivity contribution in [3.63, 3.8) is 0 Å². The Morgan fingerprint density at radius 3 is 2.72 bits per heavy atom. The Kier molecular flexibility index (Phi) is 9.15. The molecule has 2 N–H and O–H groups in total. The Balaban J connectivity index is 1.37. The Morgan fingerprint density at radius 2 is 2.02 bits per heavy atom. The van der Waals surface area contributed by atoms with Gasteiger partial charge in [0, 0.05) is 63.6 Å². The number of rotatable bonds is 8. The van der Waals surface area contributed by atoms with Crippen LogP contribution in [0.5, 0.6) is 0 Å².